The Labute approximate surface area is 163 Å². The van der Waals surface area contributed by atoms with Crippen LogP contribution in [-0.2, 0) is 4.79 Å². The molecule has 2 N–H and O–H groups in total. The maximum Gasteiger partial charge on any atom is 0.325 e. The highest BCUT2D eigenvalue weighted by Crippen LogP contribution is 2.29. The van der Waals surface area contributed by atoms with E-state index in [0.717, 1.165) is 17.7 Å². The van der Waals surface area contributed by atoms with Gasteiger partial charge in [-0.2, -0.15) is 0 Å². The van der Waals surface area contributed by atoms with Gasteiger partial charge in [-0.15, -0.1) is 0 Å². The summed E-state index contributed by atoms with van der Waals surface area (Å²) in [5.41, 5.74) is -0.864. The predicted molar refractivity (Wildman–Crippen MR) is 101 cm³/mol. The van der Waals surface area contributed by atoms with E-state index in [1.807, 2.05) is 13.8 Å². The van der Waals surface area contributed by atoms with Crippen LogP contribution >= 0.6 is 23.2 Å². The van der Waals surface area contributed by atoms with Crippen molar-refractivity contribution in [1.29, 1.82) is 0 Å². The summed E-state index contributed by atoms with van der Waals surface area (Å²) in [5.74, 6) is 0.0489. The van der Waals surface area contributed by atoms with E-state index in [1.165, 1.54) is 6.07 Å². The second-order valence-electron chi connectivity index (χ2n) is 6.47. The molecule has 1 aliphatic rings. The van der Waals surface area contributed by atoms with Gasteiger partial charge in [0.1, 0.15) is 24.0 Å². The van der Waals surface area contributed by atoms with Crippen molar-refractivity contribution < 1.29 is 19.4 Å². The van der Waals surface area contributed by atoms with Gasteiger partial charge in [0.15, 0.2) is 0 Å². The smallest absolute Gasteiger partial charge is 0.325 e. The summed E-state index contributed by atoms with van der Waals surface area (Å²) in [4.78, 5) is 26.1. The fraction of sp³-hybridized carbons (Fsp3) is 0.556. The van der Waals surface area contributed by atoms with Crippen molar-refractivity contribution in [2.45, 2.75) is 51.2 Å². The molecule has 0 aliphatic carbocycles. The van der Waals surface area contributed by atoms with E-state index in [4.69, 9.17) is 27.9 Å². The maximum absolute atomic E-state index is 12.8. The molecule has 6 nitrogen and oxygen atoms in total. The molecule has 0 bridgehead atoms. The van der Waals surface area contributed by atoms with Crippen LogP contribution in [0, 0.1) is 0 Å². The molecule has 0 saturated carbocycles. The number of urea groups is 1. The van der Waals surface area contributed by atoms with Crippen molar-refractivity contribution in [3.05, 3.63) is 28.2 Å². The number of ether oxygens (including phenoxy) is 1. The van der Waals surface area contributed by atoms with Crippen LogP contribution in [0.15, 0.2) is 18.2 Å². The van der Waals surface area contributed by atoms with Crippen molar-refractivity contribution >= 4 is 35.1 Å². The number of nitrogens with one attached hydrogen (secondary N) is 1. The Morgan fingerprint density at radius 3 is 2.50 bits per heavy atom. The van der Waals surface area contributed by atoms with Gasteiger partial charge in [-0.3, -0.25) is 9.69 Å². The van der Waals surface area contributed by atoms with Crippen molar-refractivity contribution in [1.82, 2.24) is 10.2 Å². The Hall–Kier alpha value is -1.50. The third-order valence-electron chi connectivity index (χ3n) is 4.32. The topological polar surface area (TPSA) is 78.9 Å². The number of β-amino-alcohol motifs (C(OH)–C–C–N with tert-alkyl or cyclic N) is 1. The second kappa shape index (κ2) is 8.93. The lowest BCUT2D eigenvalue weighted by Gasteiger charge is -2.26. The second-order valence-corrected chi connectivity index (χ2v) is 7.31. The Morgan fingerprint density at radius 1 is 1.23 bits per heavy atom. The molecule has 2 rings (SSSR count). The average molecular weight is 403 g/mol. The number of hydrogen-bond donors (Lipinski definition) is 2. The van der Waals surface area contributed by atoms with E-state index >= 15 is 0 Å². The molecular weight excluding hydrogens is 379 g/mol. The van der Waals surface area contributed by atoms with Crippen LogP contribution in [0.3, 0.4) is 0 Å². The van der Waals surface area contributed by atoms with Crippen LogP contribution in [-0.4, -0.2) is 46.7 Å². The van der Waals surface area contributed by atoms with Gasteiger partial charge in [0.05, 0.1) is 11.6 Å². The standard InChI is InChI=1S/C18H24Cl2N2O4/c1-3-7-18(8-4-2)16(24)22(17(25)21-18)10-13(23)11-26-15-9-12(19)5-6-14(15)20/h5-6,9,13,23H,3-4,7-8,10-11H2,1-2H3,(H,21,25). The van der Waals surface area contributed by atoms with Crippen molar-refractivity contribution in [3.63, 3.8) is 0 Å². The van der Waals surface area contributed by atoms with Gasteiger partial charge in [0.25, 0.3) is 5.91 Å². The van der Waals surface area contributed by atoms with E-state index in [2.05, 4.69) is 5.32 Å². The molecule has 1 aromatic carbocycles. The number of hydrogen-bond acceptors (Lipinski definition) is 4. The van der Waals surface area contributed by atoms with Crippen LogP contribution in [0.25, 0.3) is 0 Å². The minimum absolute atomic E-state index is 0.119. The van der Waals surface area contributed by atoms with E-state index in [-0.39, 0.29) is 19.1 Å². The SMILES string of the molecule is CCCC1(CCC)NC(=O)N(CC(O)COc2cc(Cl)ccc2Cl)C1=O. The first kappa shape index (κ1) is 20.8. The van der Waals surface area contributed by atoms with Crippen molar-refractivity contribution in [2.24, 2.45) is 0 Å². The predicted octanol–water partition coefficient (Wildman–Crippen LogP) is 3.62. The van der Waals surface area contributed by atoms with Crippen LogP contribution in [0.1, 0.15) is 39.5 Å². The number of imide groups is 1. The molecule has 0 aromatic heterocycles. The first-order valence-corrected chi connectivity index (χ1v) is 9.48. The zero-order valence-corrected chi connectivity index (χ0v) is 16.4. The number of benzene rings is 1. The molecule has 1 atom stereocenters. The first-order valence-electron chi connectivity index (χ1n) is 8.73. The fourth-order valence-corrected chi connectivity index (χ4v) is 3.53. The normalized spacial score (nSPS) is 17.3. The highest BCUT2D eigenvalue weighted by Gasteiger charge is 2.50. The van der Waals surface area contributed by atoms with E-state index in [0.29, 0.717) is 28.6 Å². The van der Waals surface area contributed by atoms with Gasteiger partial charge in [-0.25, -0.2) is 4.79 Å². The van der Waals surface area contributed by atoms with Gasteiger partial charge in [0, 0.05) is 11.1 Å². The molecule has 1 fully saturated rings. The van der Waals surface area contributed by atoms with E-state index in [1.54, 1.807) is 12.1 Å². The summed E-state index contributed by atoms with van der Waals surface area (Å²) in [6.07, 6.45) is 1.66. The molecule has 3 amide bonds. The molecule has 0 radical (unpaired) electrons. The lowest BCUT2D eigenvalue weighted by atomic mass is 9.88. The van der Waals surface area contributed by atoms with Crippen molar-refractivity contribution in [2.75, 3.05) is 13.2 Å². The fourth-order valence-electron chi connectivity index (χ4n) is 3.20. The molecule has 1 aliphatic heterocycles. The molecule has 1 saturated heterocycles. The number of halogens is 2. The molecule has 144 valence electrons. The summed E-state index contributed by atoms with van der Waals surface area (Å²) < 4.78 is 5.47. The number of amides is 3. The summed E-state index contributed by atoms with van der Waals surface area (Å²) >= 11 is 11.9. The number of nitrogens with zero attached hydrogens (tertiary/aromatic N) is 1. The first-order chi connectivity index (χ1) is 12.3. The summed E-state index contributed by atoms with van der Waals surface area (Å²) in [6.45, 7) is 3.68. The minimum atomic E-state index is -1.04. The number of carbonyl (C=O) groups is 2. The molecule has 1 heterocycles. The molecule has 0 spiro atoms. The Kier molecular flexibility index (Phi) is 7.15. The largest absolute Gasteiger partial charge is 0.489 e. The number of aliphatic hydroxyl groups is 1. The lowest BCUT2D eigenvalue weighted by Crippen LogP contribution is -2.47. The summed E-state index contributed by atoms with van der Waals surface area (Å²) in [7, 11) is 0. The van der Waals surface area contributed by atoms with Gasteiger partial charge in [-0.05, 0) is 25.0 Å². The highest BCUT2D eigenvalue weighted by molar-refractivity contribution is 6.34. The van der Waals surface area contributed by atoms with E-state index in [9.17, 15) is 14.7 Å². The van der Waals surface area contributed by atoms with Crippen LogP contribution in [0.2, 0.25) is 10.0 Å². The molecule has 1 aromatic rings. The molecular formula is C18H24Cl2N2O4. The zero-order valence-electron chi connectivity index (χ0n) is 14.9. The highest BCUT2D eigenvalue weighted by atomic mass is 35.5. The molecule has 26 heavy (non-hydrogen) atoms. The van der Waals surface area contributed by atoms with Crippen LogP contribution in [0.4, 0.5) is 4.79 Å². The minimum Gasteiger partial charge on any atom is -0.489 e. The third-order valence-corrected chi connectivity index (χ3v) is 4.86. The third kappa shape index (κ3) is 4.61. The number of aliphatic hydroxyl groups excluding tert-OH is 1. The Bertz CT molecular complexity index is 663. The van der Waals surface area contributed by atoms with Crippen molar-refractivity contribution in [3.8, 4) is 5.75 Å². The monoisotopic (exact) mass is 402 g/mol. The van der Waals surface area contributed by atoms with Gasteiger partial charge in [0.2, 0.25) is 0 Å². The zero-order chi connectivity index (χ0) is 19.3. The lowest BCUT2D eigenvalue weighted by molar-refractivity contribution is -0.133. The van der Waals surface area contributed by atoms with Crippen LogP contribution < -0.4 is 10.1 Å². The summed E-state index contributed by atoms with van der Waals surface area (Å²) in [5, 5.41) is 13.9. The maximum atomic E-state index is 12.8. The van der Waals surface area contributed by atoms with Gasteiger partial charge >= 0.3 is 6.03 Å². The van der Waals surface area contributed by atoms with Gasteiger partial charge < -0.3 is 15.2 Å². The quantitative estimate of drug-likeness (QED) is 0.618. The van der Waals surface area contributed by atoms with Crippen LogP contribution in [0.5, 0.6) is 5.75 Å². The van der Waals surface area contributed by atoms with E-state index < -0.39 is 17.7 Å². The Balaban J connectivity index is 1.99. The average Bonchev–Trinajstić information content (AvgIpc) is 2.81. The molecule has 8 heteroatoms. The van der Waals surface area contributed by atoms with Gasteiger partial charge in [-0.1, -0.05) is 49.9 Å². The summed E-state index contributed by atoms with van der Waals surface area (Å²) in [6, 6.07) is 4.28. The number of rotatable bonds is 9. The number of carbonyl (C=O) groups excluding carboxylic acids is 2. The molecule has 1 unspecified atom stereocenters. The Morgan fingerprint density at radius 2 is 1.88 bits per heavy atom.